The Bertz CT molecular complexity index is 262. The third-order valence-electron chi connectivity index (χ3n) is 5.98. The summed E-state index contributed by atoms with van der Waals surface area (Å²) in [5.41, 5.74) is 0. The number of unbranched alkanes of at least 4 members (excludes halogenated alkanes) is 1. The van der Waals surface area contributed by atoms with Gasteiger partial charge < -0.3 is 0 Å². The van der Waals surface area contributed by atoms with E-state index in [1.54, 1.807) is 25.7 Å². The molecule has 0 unspecified atom stereocenters. The largest absolute Gasteiger partial charge is 0.0885 e. The fourth-order valence-corrected chi connectivity index (χ4v) is 4.58. The molecule has 0 heteroatoms. The first-order valence-electron chi connectivity index (χ1n) is 9.50. The van der Waals surface area contributed by atoms with Gasteiger partial charge in [-0.1, -0.05) is 58.1 Å². The normalized spacial score (nSPS) is 35.5. The lowest BCUT2D eigenvalue weighted by Crippen LogP contribution is -2.25. The quantitative estimate of drug-likeness (QED) is 0.470. The van der Waals surface area contributed by atoms with Crippen molar-refractivity contribution in [1.82, 2.24) is 0 Å². The van der Waals surface area contributed by atoms with E-state index in [2.05, 4.69) is 26.0 Å². The van der Waals surface area contributed by atoms with Gasteiger partial charge >= 0.3 is 0 Å². The molecule has 0 spiro atoms. The van der Waals surface area contributed by atoms with E-state index >= 15 is 0 Å². The maximum atomic E-state index is 2.50. The number of allylic oxidation sites excluding steroid dienone is 2. The van der Waals surface area contributed by atoms with Gasteiger partial charge in [-0.2, -0.15) is 0 Å². The fraction of sp³-hybridized carbons (Fsp3) is 0.900. The summed E-state index contributed by atoms with van der Waals surface area (Å²) in [6.07, 6.45) is 22.6. The summed E-state index contributed by atoms with van der Waals surface area (Å²) in [4.78, 5) is 0. The molecule has 0 aromatic heterocycles. The molecular formula is C20H36. The first-order chi connectivity index (χ1) is 9.83. The zero-order chi connectivity index (χ0) is 14.2. The van der Waals surface area contributed by atoms with E-state index in [0.717, 1.165) is 23.7 Å². The molecule has 2 fully saturated rings. The zero-order valence-electron chi connectivity index (χ0n) is 13.9. The molecule has 0 aromatic rings. The maximum absolute atomic E-state index is 2.50. The van der Waals surface area contributed by atoms with Crippen LogP contribution in [-0.4, -0.2) is 0 Å². The summed E-state index contributed by atoms with van der Waals surface area (Å²) in [6.45, 7) is 4.58. The van der Waals surface area contributed by atoms with E-state index < -0.39 is 0 Å². The number of hydrogen-bond acceptors (Lipinski definition) is 0. The standard InChI is InChI=1S/C20H36/c1-3-5-7-17-9-13-19(14-10-17)20-15-11-18(12-16-20)8-6-4-2/h5,7,17-20H,3-4,6,8-16H2,1-2H3. The van der Waals surface area contributed by atoms with E-state index in [9.17, 15) is 0 Å². The Hall–Kier alpha value is -0.260. The van der Waals surface area contributed by atoms with E-state index in [1.165, 1.54) is 51.4 Å². The average molecular weight is 277 g/mol. The Balaban J connectivity index is 1.66. The molecule has 2 rings (SSSR count). The molecule has 0 heterocycles. The fourth-order valence-electron chi connectivity index (χ4n) is 4.58. The van der Waals surface area contributed by atoms with Crippen LogP contribution < -0.4 is 0 Å². The highest BCUT2D eigenvalue weighted by atomic mass is 14.4. The predicted molar refractivity (Wildman–Crippen MR) is 89.9 cm³/mol. The van der Waals surface area contributed by atoms with Gasteiger partial charge in [0.25, 0.3) is 0 Å². The van der Waals surface area contributed by atoms with Crippen molar-refractivity contribution >= 4 is 0 Å². The van der Waals surface area contributed by atoms with Crippen molar-refractivity contribution in [2.24, 2.45) is 23.7 Å². The predicted octanol–water partition coefficient (Wildman–Crippen LogP) is 6.76. The first-order valence-corrected chi connectivity index (χ1v) is 9.50. The molecule has 0 saturated heterocycles. The van der Waals surface area contributed by atoms with Gasteiger partial charge in [0.15, 0.2) is 0 Å². The van der Waals surface area contributed by atoms with Crippen LogP contribution in [0.1, 0.15) is 90.9 Å². The molecular weight excluding hydrogens is 240 g/mol. The summed E-state index contributed by atoms with van der Waals surface area (Å²) < 4.78 is 0. The number of rotatable bonds is 6. The summed E-state index contributed by atoms with van der Waals surface area (Å²) in [6, 6.07) is 0. The van der Waals surface area contributed by atoms with Crippen molar-refractivity contribution < 1.29 is 0 Å². The summed E-state index contributed by atoms with van der Waals surface area (Å²) >= 11 is 0. The molecule has 0 bridgehead atoms. The number of hydrogen-bond donors (Lipinski definition) is 0. The summed E-state index contributed by atoms with van der Waals surface area (Å²) in [5, 5.41) is 0. The van der Waals surface area contributed by atoms with Crippen molar-refractivity contribution in [3.8, 4) is 0 Å². The SMILES string of the molecule is CCC=CC1CCC(C2CCC(CCCC)CC2)CC1. The maximum Gasteiger partial charge on any atom is -0.0233 e. The average Bonchev–Trinajstić information content (AvgIpc) is 2.52. The molecule has 0 N–H and O–H groups in total. The molecule has 0 atom stereocenters. The van der Waals surface area contributed by atoms with Crippen LogP contribution in [0.5, 0.6) is 0 Å². The van der Waals surface area contributed by atoms with E-state index in [4.69, 9.17) is 0 Å². The van der Waals surface area contributed by atoms with Crippen molar-refractivity contribution in [3.63, 3.8) is 0 Å². The molecule has 2 aliphatic rings. The van der Waals surface area contributed by atoms with E-state index in [1.807, 2.05) is 0 Å². The Morgan fingerprint density at radius 1 is 0.800 bits per heavy atom. The Morgan fingerprint density at radius 3 is 1.95 bits per heavy atom. The van der Waals surface area contributed by atoms with Crippen molar-refractivity contribution in [2.75, 3.05) is 0 Å². The van der Waals surface area contributed by atoms with Crippen LogP contribution >= 0.6 is 0 Å². The molecule has 0 aromatic carbocycles. The van der Waals surface area contributed by atoms with Crippen molar-refractivity contribution in [1.29, 1.82) is 0 Å². The van der Waals surface area contributed by atoms with Gasteiger partial charge in [0, 0.05) is 0 Å². The lowest BCUT2D eigenvalue weighted by Gasteiger charge is -2.37. The highest BCUT2D eigenvalue weighted by molar-refractivity contribution is 4.91. The second-order valence-electron chi connectivity index (χ2n) is 7.43. The lowest BCUT2D eigenvalue weighted by atomic mass is 9.68. The zero-order valence-corrected chi connectivity index (χ0v) is 13.9. The van der Waals surface area contributed by atoms with Gasteiger partial charge in [0.05, 0.1) is 0 Å². The van der Waals surface area contributed by atoms with Crippen molar-refractivity contribution in [3.05, 3.63) is 12.2 Å². The van der Waals surface area contributed by atoms with Crippen molar-refractivity contribution in [2.45, 2.75) is 90.9 Å². The smallest absolute Gasteiger partial charge is 0.0233 e. The van der Waals surface area contributed by atoms with Gasteiger partial charge in [-0.15, -0.1) is 0 Å². The lowest BCUT2D eigenvalue weighted by molar-refractivity contribution is 0.151. The van der Waals surface area contributed by atoms with E-state index in [0.29, 0.717) is 0 Å². The Kier molecular flexibility index (Phi) is 7.17. The minimum atomic E-state index is 0.909. The van der Waals surface area contributed by atoms with Crippen LogP contribution in [0.3, 0.4) is 0 Å². The highest BCUT2D eigenvalue weighted by Crippen LogP contribution is 2.42. The molecule has 0 amide bonds. The third kappa shape index (κ3) is 4.93. The molecule has 0 radical (unpaired) electrons. The van der Waals surface area contributed by atoms with Crippen LogP contribution in [0.15, 0.2) is 12.2 Å². The van der Waals surface area contributed by atoms with Gasteiger partial charge in [0.1, 0.15) is 0 Å². The Labute approximate surface area is 127 Å². The first kappa shape index (κ1) is 16.1. The minimum absolute atomic E-state index is 0.909. The van der Waals surface area contributed by atoms with Gasteiger partial charge in [-0.25, -0.2) is 0 Å². The minimum Gasteiger partial charge on any atom is -0.0885 e. The van der Waals surface area contributed by atoms with Gasteiger partial charge in [0.2, 0.25) is 0 Å². The van der Waals surface area contributed by atoms with Crippen LogP contribution in [0, 0.1) is 23.7 Å². The van der Waals surface area contributed by atoms with Gasteiger partial charge in [-0.3, -0.25) is 0 Å². The molecule has 0 nitrogen and oxygen atoms in total. The monoisotopic (exact) mass is 276 g/mol. The topological polar surface area (TPSA) is 0 Å². The Morgan fingerprint density at radius 2 is 1.40 bits per heavy atom. The highest BCUT2D eigenvalue weighted by Gasteiger charge is 2.29. The second-order valence-corrected chi connectivity index (χ2v) is 7.43. The van der Waals surface area contributed by atoms with Crippen LogP contribution in [-0.2, 0) is 0 Å². The second kappa shape index (κ2) is 8.90. The third-order valence-corrected chi connectivity index (χ3v) is 5.98. The van der Waals surface area contributed by atoms with E-state index in [-0.39, 0.29) is 0 Å². The molecule has 2 aliphatic carbocycles. The molecule has 20 heavy (non-hydrogen) atoms. The van der Waals surface area contributed by atoms with Gasteiger partial charge in [-0.05, 0) is 68.6 Å². The summed E-state index contributed by atoms with van der Waals surface area (Å²) in [5.74, 6) is 4.15. The molecule has 0 aliphatic heterocycles. The van der Waals surface area contributed by atoms with Crippen LogP contribution in [0.25, 0.3) is 0 Å². The van der Waals surface area contributed by atoms with Crippen LogP contribution in [0.2, 0.25) is 0 Å². The van der Waals surface area contributed by atoms with Crippen LogP contribution in [0.4, 0.5) is 0 Å². The molecule has 2 saturated carbocycles. The summed E-state index contributed by atoms with van der Waals surface area (Å²) in [7, 11) is 0. The molecule has 116 valence electrons.